The minimum absolute atomic E-state index is 0.218. The van der Waals surface area contributed by atoms with Gasteiger partial charge in [-0.3, -0.25) is 4.79 Å². The standard InChI is InChI=1S/C8H15NO2/c1-7(6-8(10)11)9-4-2-3-5-9/h7H,2-6H2,1H3,(H,10,11)/t7-/m1/s1. The maximum absolute atomic E-state index is 10.3. The zero-order chi connectivity index (χ0) is 8.27. The van der Waals surface area contributed by atoms with Crippen molar-refractivity contribution in [3.05, 3.63) is 0 Å². The van der Waals surface area contributed by atoms with Crippen LogP contribution in [-0.2, 0) is 4.79 Å². The van der Waals surface area contributed by atoms with E-state index < -0.39 is 5.97 Å². The molecule has 64 valence electrons. The molecule has 0 radical (unpaired) electrons. The van der Waals surface area contributed by atoms with Crippen LogP contribution in [0.1, 0.15) is 26.2 Å². The van der Waals surface area contributed by atoms with E-state index in [2.05, 4.69) is 4.90 Å². The highest BCUT2D eigenvalue weighted by molar-refractivity contribution is 5.67. The Kier molecular flexibility index (Phi) is 2.88. The van der Waals surface area contributed by atoms with E-state index >= 15 is 0 Å². The normalized spacial score (nSPS) is 21.9. The van der Waals surface area contributed by atoms with Crippen LogP contribution in [0.4, 0.5) is 0 Å². The van der Waals surface area contributed by atoms with Crippen LogP contribution in [0.3, 0.4) is 0 Å². The molecule has 0 aliphatic carbocycles. The largest absolute Gasteiger partial charge is 0.481 e. The van der Waals surface area contributed by atoms with Crippen LogP contribution in [0.5, 0.6) is 0 Å². The summed E-state index contributed by atoms with van der Waals surface area (Å²) in [4.78, 5) is 12.6. The third-order valence-electron chi connectivity index (χ3n) is 2.23. The van der Waals surface area contributed by atoms with Crippen LogP contribution >= 0.6 is 0 Å². The molecular formula is C8H15NO2. The summed E-state index contributed by atoms with van der Waals surface area (Å²) in [5, 5.41) is 8.52. The van der Waals surface area contributed by atoms with Crippen molar-refractivity contribution >= 4 is 5.97 Å². The van der Waals surface area contributed by atoms with E-state index in [1.54, 1.807) is 0 Å². The van der Waals surface area contributed by atoms with Gasteiger partial charge < -0.3 is 10.0 Å². The molecule has 1 aliphatic rings. The van der Waals surface area contributed by atoms with E-state index in [9.17, 15) is 4.79 Å². The Labute approximate surface area is 67.0 Å². The molecule has 1 aliphatic heterocycles. The first-order valence-corrected chi connectivity index (χ1v) is 4.16. The average molecular weight is 157 g/mol. The summed E-state index contributed by atoms with van der Waals surface area (Å²) in [5.74, 6) is -0.690. The quantitative estimate of drug-likeness (QED) is 0.663. The first kappa shape index (κ1) is 8.53. The van der Waals surface area contributed by atoms with E-state index in [1.807, 2.05) is 6.92 Å². The second kappa shape index (κ2) is 3.72. The fourth-order valence-electron chi connectivity index (χ4n) is 1.56. The van der Waals surface area contributed by atoms with Crippen LogP contribution < -0.4 is 0 Å². The summed E-state index contributed by atoms with van der Waals surface area (Å²) in [6, 6.07) is 0.218. The minimum atomic E-state index is -0.690. The van der Waals surface area contributed by atoms with Crippen LogP contribution in [-0.4, -0.2) is 35.1 Å². The van der Waals surface area contributed by atoms with Crippen LogP contribution in [0.15, 0.2) is 0 Å². The van der Waals surface area contributed by atoms with Gasteiger partial charge in [0.1, 0.15) is 0 Å². The van der Waals surface area contributed by atoms with Crippen molar-refractivity contribution in [1.29, 1.82) is 0 Å². The van der Waals surface area contributed by atoms with Crippen molar-refractivity contribution in [1.82, 2.24) is 4.90 Å². The fraction of sp³-hybridized carbons (Fsp3) is 0.875. The van der Waals surface area contributed by atoms with E-state index in [0.717, 1.165) is 13.1 Å². The molecule has 0 saturated carbocycles. The van der Waals surface area contributed by atoms with Crippen molar-refractivity contribution in [2.24, 2.45) is 0 Å². The van der Waals surface area contributed by atoms with Crippen molar-refractivity contribution in [2.45, 2.75) is 32.2 Å². The van der Waals surface area contributed by atoms with Crippen molar-refractivity contribution < 1.29 is 9.90 Å². The Balaban J connectivity index is 2.28. The number of hydrogen-bond acceptors (Lipinski definition) is 2. The van der Waals surface area contributed by atoms with E-state index in [1.165, 1.54) is 12.8 Å². The van der Waals surface area contributed by atoms with Gasteiger partial charge in [0.25, 0.3) is 0 Å². The first-order valence-electron chi connectivity index (χ1n) is 4.16. The molecule has 1 fully saturated rings. The molecule has 0 aromatic carbocycles. The molecule has 1 N–H and O–H groups in total. The zero-order valence-corrected chi connectivity index (χ0v) is 6.92. The lowest BCUT2D eigenvalue weighted by Crippen LogP contribution is -2.31. The third-order valence-corrected chi connectivity index (χ3v) is 2.23. The van der Waals surface area contributed by atoms with Gasteiger partial charge in [-0.05, 0) is 32.9 Å². The average Bonchev–Trinajstić information content (AvgIpc) is 2.35. The van der Waals surface area contributed by atoms with Crippen molar-refractivity contribution in [3.8, 4) is 0 Å². The Morgan fingerprint density at radius 2 is 2.09 bits per heavy atom. The van der Waals surface area contributed by atoms with Gasteiger partial charge >= 0.3 is 5.97 Å². The second-order valence-electron chi connectivity index (χ2n) is 3.19. The molecule has 1 rings (SSSR count). The molecule has 0 amide bonds. The summed E-state index contributed by atoms with van der Waals surface area (Å²) in [6.07, 6.45) is 2.73. The number of aliphatic carboxylic acids is 1. The van der Waals surface area contributed by atoms with E-state index in [4.69, 9.17) is 5.11 Å². The van der Waals surface area contributed by atoms with E-state index in [0.29, 0.717) is 0 Å². The highest BCUT2D eigenvalue weighted by Gasteiger charge is 2.19. The number of likely N-dealkylation sites (tertiary alicyclic amines) is 1. The molecule has 0 aromatic rings. The molecule has 1 atom stereocenters. The predicted octanol–water partition coefficient (Wildman–Crippen LogP) is 0.945. The van der Waals surface area contributed by atoms with Gasteiger partial charge in [-0.15, -0.1) is 0 Å². The van der Waals surface area contributed by atoms with E-state index in [-0.39, 0.29) is 12.5 Å². The van der Waals surface area contributed by atoms with Gasteiger partial charge in [0.05, 0.1) is 6.42 Å². The van der Waals surface area contributed by atoms with Gasteiger partial charge in [-0.1, -0.05) is 0 Å². The Morgan fingerprint density at radius 1 is 1.55 bits per heavy atom. The van der Waals surface area contributed by atoms with Gasteiger partial charge in [0, 0.05) is 6.04 Å². The summed E-state index contributed by atoms with van der Waals surface area (Å²) in [5.41, 5.74) is 0. The highest BCUT2D eigenvalue weighted by atomic mass is 16.4. The van der Waals surface area contributed by atoms with Crippen molar-refractivity contribution in [3.63, 3.8) is 0 Å². The number of carboxylic acid groups (broad SMARTS) is 1. The highest BCUT2D eigenvalue weighted by Crippen LogP contribution is 2.13. The molecule has 1 heterocycles. The number of rotatable bonds is 3. The van der Waals surface area contributed by atoms with Gasteiger partial charge in [0.15, 0.2) is 0 Å². The molecule has 3 heteroatoms. The lowest BCUT2D eigenvalue weighted by Gasteiger charge is -2.21. The summed E-state index contributed by atoms with van der Waals surface area (Å²) >= 11 is 0. The monoisotopic (exact) mass is 157 g/mol. The second-order valence-corrected chi connectivity index (χ2v) is 3.19. The molecule has 0 unspecified atom stereocenters. The van der Waals surface area contributed by atoms with Crippen LogP contribution in [0.25, 0.3) is 0 Å². The molecule has 0 aromatic heterocycles. The Hall–Kier alpha value is -0.570. The number of hydrogen-bond donors (Lipinski definition) is 1. The molecule has 0 spiro atoms. The van der Waals surface area contributed by atoms with Crippen LogP contribution in [0, 0.1) is 0 Å². The number of carbonyl (C=O) groups is 1. The van der Waals surface area contributed by atoms with Gasteiger partial charge in [-0.2, -0.15) is 0 Å². The first-order chi connectivity index (χ1) is 5.20. The van der Waals surface area contributed by atoms with Crippen molar-refractivity contribution in [2.75, 3.05) is 13.1 Å². The summed E-state index contributed by atoms with van der Waals surface area (Å²) < 4.78 is 0. The molecular weight excluding hydrogens is 142 g/mol. The Morgan fingerprint density at radius 3 is 2.55 bits per heavy atom. The van der Waals surface area contributed by atoms with Gasteiger partial charge in [0.2, 0.25) is 0 Å². The smallest absolute Gasteiger partial charge is 0.304 e. The summed E-state index contributed by atoms with van der Waals surface area (Å²) in [6.45, 7) is 4.14. The lowest BCUT2D eigenvalue weighted by atomic mass is 10.2. The minimum Gasteiger partial charge on any atom is -0.481 e. The number of nitrogens with zero attached hydrogens (tertiary/aromatic N) is 1. The molecule has 3 nitrogen and oxygen atoms in total. The summed E-state index contributed by atoms with van der Waals surface area (Å²) in [7, 11) is 0. The SMILES string of the molecule is C[C@H](CC(=O)O)N1CCCC1. The molecule has 1 saturated heterocycles. The topological polar surface area (TPSA) is 40.5 Å². The maximum atomic E-state index is 10.3. The molecule has 0 bridgehead atoms. The lowest BCUT2D eigenvalue weighted by molar-refractivity contribution is -0.138. The fourth-order valence-corrected chi connectivity index (χ4v) is 1.56. The molecule has 11 heavy (non-hydrogen) atoms. The van der Waals surface area contributed by atoms with Crippen LogP contribution in [0.2, 0.25) is 0 Å². The zero-order valence-electron chi connectivity index (χ0n) is 6.92. The Bertz CT molecular complexity index is 141. The van der Waals surface area contributed by atoms with Gasteiger partial charge in [-0.25, -0.2) is 0 Å². The third kappa shape index (κ3) is 2.50. The number of carboxylic acids is 1. The predicted molar refractivity (Wildman–Crippen MR) is 42.5 cm³/mol. The maximum Gasteiger partial charge on any atom is 0.304 e.